The maximum absolute atomic E-state index is 12.4. The number of hydrogen-bond donors (Lipinski definition) is 3. The van der Waals surface area contributed by atoms with Crippen LogP contribution in [0.25, 0.3) is 0 Å². The molecule has 0 aliphatic rings. The highest BCUT2D eigenvalue weighted by molar-refractivity contribution is 5.76. The number of hydrogen-bond acceptors (Lipinski definition) is 3. The molecule has 0 spiro atoms. The van der Waals surface area contributed by atoms with E-state index in [0.29, 0.717) is 6.42 Å². The highest BCUT2D eigenvalue weighted by atomic mass is 16.3. The van der Waals surface area contributed by atoms with Crippen molar-refractivity contribution in [2.24, 2.45) is 0 Å². The Morgan fingerprint density at radius 2 is 0.900 bits per heavy atom. The van der Waals surface area contributed by atoms with Gasteiger partial charge in [-0.05, 0) is 70.6 Å². The predicted octanol–water partition coefficient (Wildman–Crippen LogP) is 13.1. The molecule has 0 rings (SSSR count). The lowest BCUT2D eigenvalue weighted by Gasteiger charge is -2.19. The Balaban J connectivity index is 3.67. The molecule has 0 aliphatic carbocycles. The van der Waals surface area contributed by atoms with Crippen molar-refractivity contribution in [3.05, 3.63) is 72.9 Å². The van der Waals surface area contributed by atoms with Gasteiger partial charge in [0.15, 0.2) is 0 Å². The van der Waals surface area contributed by atoms with Crippen LogP contribution in [0.2, 0.25) is 0 Å². The van der Waals surface area contributed by atoms with E-state index in [1.54, 1.807) is 6.08 Å². The van der Waals surface area contributed by atoms with Gasteiger partial charge in [-0.1, -0.05) is 189 Å². The van der Waals surface area contributed by atoms with Gasteiger partial charge in [0.2, 0.25) is 5.91 Å². The number of rotatable bonds is 37. The first-order valence-corrected chi connectivity index (χ1v) is 21.2. The predicted molar refractivity (Wildman–Crippen MR) is 220 cm³/mol. The molecule has 0 radical (unpaired) electrons. The Morgan fingerprint density at radius 3 is 1.40 bits per heavy atom. The van der Waals surface area contributed by atoms with E-state index in [0.717, 1.165) is 64.2 Å². The maximum Gasteiger partial charge on any atom is 0.220 e. The van der Waals surface area contributed by atoms with Crippen LogP contribution in [0.5, 0.6) is 0 Å². The third-order valence-electron chi connectivity index (χ3n) is 9.17. The van der Waals surface area contributed by atoms with Crippen LogP contribution in [0, 0.1) is 0 Å². The van der Waals surface area contributed by atoms with Gasteiger partial charge >= 0.3 is 0 Å². The second-order valence-corrected chi connectivity index (χ2v) is 14.0. The lowest BCUT2D eigenvalue weighted by molar-refractivity contribution is -0.123. The van der Waals surface area contributed by atoms with Crippen LogP contribution in [0.15, 0.2) is 72.9 Å². The molecule has 0 bridgehead atoms. The molecule has 0 saturated heterocycles. The zero-order chi connectivity index (χ0) is 36.4. The molecule has 0 heterocycles. The van der Waals surface area contributed by atoms with E-state index in [-0.39, 0.29) is 12.5 Å². The lowest BCUT2D eigenvalue weighted by Crippen LogP contribution is -2.45. The molecule has 3 N–H and O–H groups in total. The number of amides is 1. The van der Waals surface area contributed by atoms with Crippen molar-refractivity contribution >= 4 is 5.91 Å². The second kappa shape index (κ2) is 41.3. The summed E-state index contributed by atoms with van der Waals surface area (Å²) in [5, 5.41) is 23.0. The summed E-state index contributed by atoms with van der Waals surface area (Å²) in [6.07, 6.45) is 58.6. The Morgan fingerprint density at radius 1 is 0.500 bits per heavy atom. The SMILES string of the molecule is CC/C=C\C/C=C\C/C=C\C/C=C\CCCCCCCCCCC(=O)NC(CO)C(O)/C=C/CC/C=C/CCCCCCCCCCCCC. The van der Waals surface area contributed by atoms with Crippen LogP contribution < -0.4 is 5.32 Å². The molecule has 0 aromatic rings. The van der Waals surface area contributed by atoms with Crippen molar-refractivity contribution in [3.63, 3.8) is 0 Å². The van der Waals surface area contributed by atoms with E-state index in [1.807, 2.05) is 6.08 Å². The summed E-state index contributed by atoms with van der Waals surface area (Å²) in [4.78, 5) is 12.4. The lowest BCUT2D eigenvalue weighted by atomic mass is 10.1. The molecular weight excluding hydrogens is 615 g/mol. The number of carbonyl (C=O) groups is 1. The quantitative estimate of drug-likeness (QED) is 0.0447. The largest absolute Gasteiger partial charge is 0.394 e. The monoisotopic (exact) mass is 696 g/mol. The van der Waals surface area contributed by atoms with E-state index in [1.165, 1.54) is 109 Å². The first-order chi connectivity index (χ1) is 24.7. The minimum Gasteiger partial charge on any atom is -0.394 e. The maximum atomic E-state index is 12.4. The van der Waals surface area contributed by atoms with Gasteiger partial charge in [0.25, 0.3) is 0 Å². The fourth-order valence-corrected chi connectivity index (χ4v) is 5.95. The summed E-state index contributed by atoms with van der Waals surface area (Å²) < 4.78 is 0. The van der Waals surface area contributed by atoms with E-state index >= 15 is 0 Å². The number of unbranched alkanes of at least 4 members (excludes halogenated alkanes) is 20. The van der Waals surface area contributed by atoms with E-state index in [4.69, 9.17) is 0 Å². The van der Waals surface area contributed by atoms with Gasteiger partial charge in [0, 0.05) is 6.42 Å². The van der Waals surface area contributed by atoms with Gasteiger partial charge in [-0.15, -0.1) is 0 Å². The minimum absolute atomic E-state index is 0.0855. The molecule has 4 nitrogen and oxygen atoms in total. The summed E-state index contributed by atoms with van der Waals surface area (Å²) >= 11 is 0. The van der Waals surface area contributed by atoms with Gasteiger partial charge in [0.05, 0.1) is 18.8 Å². The summed E-state index contributed by atoms with van der Waals surface area (Å²) in [6.45, 7) is 4.17. The molecule has 0 aliphatic heterocycles. The Bertz CT molecular complexity index is 884. The van der Waals surface area contributed by atoms with Crippen molar-refractivity contribution in [1.82, 2.24) is 5.32 Å². The van der Waals surface area contributed by atoms with Gasteiger partial charge in [-0.25, -0.2) is 0 Å². The van der Waals surface area contributed by atoms with Gasteiger partial charge in [-0.2, -0.15) is 0 Å². The first kappa shape index (κ1) is 47.8. The average Bonchev–Trinajstić information content (AvgIpc) is 3.12. The summed E-state index contributed by atoms with van der Waals surface area (Å²) in [7, 11) is 0. The van der Waals surface area contributed by atoms with Crippen LogP contribution in [-0.4, -0.2) is 34.9 Å². The molecule has 50 heavy (non-hydrogen) atoms. The van der Waals surface area contributed by atoms with E-state index < -0.39 is 12.1 Å². The smallest absolute Gasteiger partial charge is 0.220 e. The molecule has 2 atom stereocenters. The normalized spacial score (nSPS) is 13.8. The molecule has 0 fully saturated rings. The molecule has 2 unspecified atom stereocenters. The number of aliphatic hydroxyl groups excluding tert-OH is 2. The van der Waals surface area contributed by atoms with Gasteiger partial charge in [0.1, 0.15) is 0 Å². The summed E-state index contributed by atoms with van der Waals surface area (Å²) in [5.74, 6) is -0.0855. The summed E-state index contributed by atoms with van der Waals surface area (Å²) in [5.41, 5.74) is 0. The minimum atomic E-state index is -0.868. The fourth-order valence-electron chi connectivity index (χ4n) is 5.95. The van der Waals surface area contributed by atoms with Crippen molar-refractivity contribution in [1.29, 1.82) is 0 Å². The first-order valence-electron chi connectivity index (χ1n) is 21.2. The van der Waals surface area contributed by atoms with Crippen LogP contribution in [0.1, 0.15) is 194 Å². The van der Waals surface area contributed by atoms with Crippen LogP contribution >= 0.6 is 0 Å². The van der Waals surface area contributed by atoms with Crippen LogP contribution in [-0.2, 0) is 4.79 Å². The van der Waals surface area contributed by atoms with Crippen LogP contribution in [0.4, 0.5) is 0 Å². The topological polar surface area (TPSA) is 69.6 Å². The van der Waals surface area contributed by atoms with E-state index in [2.05, 4.69) is 79.9 Å². The third-order valence-corrected chi connectivity index (χ3v) is 9.17. The van der Waals surface area contributed by atoms with Crippen LogP contribution in [0.3, 0.4) is 0 Å². The van der Waals surface area contributed by atoms with E-state index in [9.17, 15) is 15.0 Å². The number of nitrogens with one attached hydrogen (secondary N) is 1. The van der Waals surface area contributed by atoms with Crippen molar-refractivity contribution < 1.29 is 15.0 Å². The molecule has 288 valence electrons. The Hall–Kier alpha value is -2.17. The fraction of sp³-hybridized carbons (Fsp3) is 0.717. The van der Waals surface area contributed by atoms with Crippen molar-refractivity contribution in [2.45, 2.75) is 206 Å². The number of aliphatic hydroxyl groups is 2. The van der Waals surface area contributed by atoms with Crippen molar-refractivity contribution in [3.8, 4) is 0 Å². The molecule has 0 aromatic heterocycles. The second-order valence-electron chi connectivity index (χ2n) is 14.0. The molecule has 1 amide bonds. The molecular formula is C46H81NO3. The molecule has 0 aromatic carbocycles. The third kappa shape index (κ3) is 37.1. The number of carbonyl (C=O) groups excluding carboxylic acids is 1. The number of allylic oxidation sites excluding steroid dienone is 11. The Labute approximate surface area is 310 Å². The van der Waals surface area contributed by atoms with Gasteiger partial charge in [-0.3, -0.25) is 4.79 Å². The highest BCUT2D eigenvalue weighted by Crippen LogP contribution is 2.13. The van der Waals surface area contributed by atoms with Gasteiger partial charge < -0.3 is 15.5 Å². The Kier molecular flexibility index (Phi) is 39.5. The average molecular weight is 696 g/mol. The zero-order valence-corrected chi connectivity index (χ0v) is 32.9. The molecule has 4 heteroatoms. The standard InChI is InChI=1S/C46H81NO3/c1-3-5-7-9-11-13-15-17-19-21-22-23-24-26-28-30-32-34-36-38-40-42-46(50)47-44(43-48)45(49)41-39-37-35-33-31-29-27-25-20-18-16-14-12-10-8-6-4-2/h5,7,11,13,17,19,22-23,31,33,39,41,44-45,48-49H,3-4,6,8-10,12,14-16,18,20-21,24-30,32,34-38,40,42-43H2,1-2H3,(H,47,50)/b7-5-,13-11-,19-17-,23-22-,33-31+,41-39+. The highest BCUT2D eigenvalue weighted by Gasteiger charge is 2.17. The zero-order valence-electron chi connectivity index (χ0n) is 32.9. The van der Waals surface area contributed by atoms with Crippen molar-refractivity contribution in [2.75, 3.05) is 6.61 Å². The molecule has 0 saturated carbocycles. The summed E-state index contributed by atoms with van der Waals surface area (Å²) in [6, 6.07) is -0.646.